The molecule has 0 spiro atoms. The number of fused-ring (bicyclic) bond motifs is 1. The summed E-state index contributed by atoms with van der Waals surface area (Å²) < 4.78 is 7.15. The van der Waals surface area contributed by atoms with E-state index in [0.717, 1.165) is 55.6 Å². The third-order valence-corrected chi connectivity index (χ3v) is 4.67. The van der Waals surface area contributed by atoms with Crippen LogP contribution in [-0.4, -0.2) is 60.9 Å². The van der Waals surface area contributed by atoms with Crippen LogP contribution in [0.4, 0.5) is 0 Å². The summed E-state index contributed by atoms with van der Waals surface area (Å²) in [5.41, 5.74) is 3.69. The van der Waals surface area contributed by atoms with E-state index in [9.17, 15) is 0 Å². The predicted molar refractivity (Wildman–Crippen MR) is 100 cm³/mol. The highest BCUT2D eigenvalue weighted by Crippen LogP contribution is 2.19. The summed E-state index contributed by atoms with van der Waals surface area (Å²) in [5, 5.41) is 4.43. The first-order valence-electron chi connectivity index (χ1n) is 8.96. The molecule has 136 valence electrons. The Labute approximate surface area is 155 Å². The highest BCUT2D eigenvalue weighted by molar-refractivity contribution is 5.75. The number of ether oxygens (including phenoxy) is 1. The molecule has 1 fully saturated rings. The van der Waals surface area contributed by atoms with E-state index in [1.54, 1.807) is 17.1 Å². The largest absolute Gasteiger partial charge is 0.379 e. The molecule has 4 aromatic heterocycles. The predicted octanol–water partition coefficient (Wildman–Crippen LogP) is 2.04. The number of aromatic nitrogens is 6. The quantitative estimate of drug-likeness (QED) is 0.599. The molecule has 4 aromatic rings. The number of aromatic amines is 1. The highest BCUT2D eigenvalue weighted by Gasteiger charge is 2.12. The lowest BCUT2D eigenvalue weighted by atomic mass is 10.2. The molecule has 0 saturated carbocycles. The molecule has 5 heterocycles. The van der Waals surface area contributed by atoms with Crippen LogP contribution in [0.5, 0.6) is 0 Å². The number of hydrogen-bond acceptors (Lipinski definition) is 6. The average Bonchev–Trinajstić information content (AvgIpc) is 3.36. The first-order valence-corrected chi connectivity index (χ1v) is 8.96. The molecule has 8 heteroatoms. The van der Waals surface area contributed by atoms with Crippen LogP contribution in [0, 0.1) is 0 Å². The Morgan fingerprint density at radius 3 is 2.81 bits per heavy atom. The molecule has 1 N–H and O–H groups in total. The van der Waals surface area contributed by atoms with Gasteiger partial charge in [-0.25, -0.2) is 19.6 Å². The summed E-state index contributed by atoms with van der Waals surface area (Å²) in [6.45, 7) is 4.44. The number of rotatable bonds is 4. The van der Waals surface area contributed by atoms with Crippen molar-refractivity contribution < 1.29 is 4.74 Å². The van der Waals surface area contributed by atoms with Gasteiger partial charge >= 0.3 is 0 Å². The third-order valence-electron chi connectivity index (χ3n) is 4.67. The van der Waals surface area contributed by atoms with Gasteiger partial charge in [-0.2, -0.15) is 5.10 Å². The van der Waals surface area contributed by atoms with Crippen LogP contribution in [-0.2, 0) is 11.3 Å². The molecule has 0 radical (unpaired) electrons. The van der Waals surface area contributed by atoms with Gasteiger partial charge < -0.3 is 9.72 Å². The molecular formula is C19H19N7O. The lowest BCUT2D eigenvalue weighted by Crippen LogP contribution is -2.35. The van der Waals surface area contributed by atoms with Gasteiger partial charge in [0.25, 0.3) is 0 Å². The van der Waals surface area contributed by atoms with Crippen LogP contribution >= 0.6 is 0 Å². The number of imidazole rings is 1. The normalized spacial score (nSPS) is 15.4. The second-order valence-corrected chi connectivity index (χ2v) is 6.55. The van der Waals surface area contributed by atoms with E-state index in [4.69, 9.17) is 4.74 Å². The van der Waals surface area contributed by atoms with Crippen molar-refractivity contribution in [1.82, 2.24) is 34.6 Å². The second-order valence-electron chi connectivity index (χ2n) is 6.55. The van der Waals surface area contributed by atoms with Crippen molar-refractivity contribution in [2.45, 2.75) is 6.54 Å². The van der Waals surface area contributed by atoms with Crippen LogP contribution in [0.3, 0.4) is 0 Å². The zero-order chi connectivity index (χ0) is 18.1. The smallest absolute Gasteiger partial charge is 0.178 e. The van der Waals surface area contributed by atoms with Gasteiger partial charge in [0, 0.05) is 38.2 Å². The summed E-state index contributed by atoms with van der Waals surface area (Å²) in [5.74, 6) is 1.53. The van der Waals surface area contributed by atoms with Crippen LogP contribution in [0.15, 0.2) is 49.1 Å². The van der Waals surface area contributed by atoms with E-state index in [2.05, 4.69) is 36.0 Å². The summed E-state index contributed by atoms with van der Waals surface area (Å²) in [4.78, 5) is 19.0. The Bertz CT molecular complexity index is 1010. The minimum atomic E-state index is 0.700. The monoisotopic (exact) mass is 361 g/mol. The van der Waals surface area contributed by atoms with Gasteiger partial charge in [-0.3, -0.25) is 4.90 Å². The number of nitrogens with one attached hydrogen (secondary N) is 1. The average molecular weight is 361 g/mol. The van der Waals surface area contributed by atoms with Crippen LogP contribution in [0.2, 0.25) is 0 Å². The second kappa shape index (κ2) is 6.90. The first-order chi connectivity index (χ1) is 13.3. The van der Waals surface area contributed by atoms with Gasteiger partial charge in [0.1, 0.15) is 5.82 Å². The van der Waals surface area contributed by atoms with E-state index in [0.29, 0.717) is 5.65 Å². The molecular weight excluding hydrogens is 342 g/mol. The number of nitrogens with zero attached hydrogens (tertiary/aromatic N) is 6. The molecule has 1 saturated heterocycles. The number of H-pyrrole nitrogens is 1. The van der Waals surface area contributed by atoms with Gasteiger partial charge in [0.15, 0.2) is 11.5 Å². The molecule has 0 amide bonds. The van der Waals surface area contributed by atoms with E-state index in [1.165, 1.54) is 5.56 Å². The van der Waals surface area contributed by atoms with Gasteiger partial charge in [-0.05, 0) is 23.8 Å². The van der Waals surface area contributed by atoms with Crippen molar-refractivity contribution >= 4 is 11.2 Å². The zero-order valence-corrected chi connectivity index (χ0v) is 14.7. The Hall–Kier alpha value is -3.10. The Balaban J connectivity index is 1.34. The summed E-state index contributed by atoms with van der Waals surface area (Å²) >= 11 is 0. The molecule has 0 atom stereocenters. The lowest BCUT2D eigenvalue weighted by molar-refractivity contribution is 0.0341. The van der Waals surface area contributed by atoms with Crippen molar-refractivity contribution in [3.63, 3.8) is 0 Å². The fraction of sp³-hybridized carbons (Fsp3) is 0.263. The van der Waals surface area contributed by atoms with E-state index in [1.807, 2.05) is 30.6 Å². The van der Waals surface area contributed by atoms with Crippen molar-refractivity contribution in [2.24, 2.45) is 0 Å². The molecule has 0 bridgehead atoms. The minimum absolute atomic E-state index is 0.700. The molecule has 0 unspecified atom stereocenters. The molecule has 27 heavy (non-hydrogen) atoms. The zero-order valence-electron chi connectivity index (χ0n) is 14.7. The van der Waals surface area contributed by atoms with Crippen molar-refractivity contribution in [3.8, 4) is 17.2 Å². The minimum Gasteiger partial charge on any atom is -0.379 e. The van der Waals surface area contributed by atoms with Gasteiger partial charge in [0.05, 0.1) is 30.5 Å². The maximum absolute atomic E-state index is 5.39. The highest BCUT2D eigenvalue weighted by atomic mass is 16.5. The van der Waals surface area contributed by atoms with Crippen LogP contribution < -0.4 is 0 Å². The molecule has 1 aliphatic rings. The standard InChI is InChI=1S/C19H19N7O/c1-2-16-19(20-5-1)24-18(23-16)15-11-22-26(13-15)17-4-3-14(10-21-17)12-25-6-8-27-9-7-25/h1-5,10-11,13H,6-9,12H2,(H,20,23,24). The number of hydrogen-bond donors (Lipinski definition) is 1. The lowest BCUT2D eigenvalue weighted by Gasteiger charge is -2.26. The first kappa shape index (κ1) is 16.1. The Morgan fingerprint density at radius 1 is 1.07 bits per heavy atom. The van der Waals surface area contributed by atoms with Gasteiger partial charge in [0.2, 0.25) is 0 Å². The van der Waals surface area contributed by atoms with Crippen LogP contribution in [0.1, 0.15) is 5.56 Å². The maximum atomic E-state index is 5.39. The molecule has 0 aliphatic carbocycles. The fourth-order valence-electron chi connectivity index (χ4n) is 3.22. The molecule has 0 aromatic carbocycles. The SMILES string of the molecule is c1cnc2nc(-c3cnn(-c4ccc(CN5CCOCC5)cn4)c3)[nH]c2c1. The van der Waals surface area contributed by atoms with Crippen molar-refractivity contribution in [1.29, 1.82) is 0 Å². The topological polar surface area (TPSA) is 84.8 Å². The third kappa shape index (κ3) is 3.32. The van der Waals surface area contributed by atoms with E-state index in [-0.39, 0.29) is 0 Å². The number of pyridine rings is 2. The van der Waals surface area contributed by atoms with Gasteiger partial charge in [-0.1, -0.05) is 6.07 Å². The van der Waals surface area contributed by atoms with Crippen molar-refractivity contribution in [2.75, 3.05) is 26.3 Å². The Morgan fingerprint density at radius 2 is 2.00 bits per heavy atom. The fourth-order valence-corrected chi connectivity index (χ4v) is 3.22. The van der Waals surface area contributed by atoms with Crippen LogP contribution in [0.25, 0.3) is 28.4 Å². The maximum Gasteiger partial charge on any atom is 0.178 e. The molecule has 8 nitrogen and oxygen atoms in total. The summed E-state index contributed by atoms with van der Waals surface area (Å²) in [6.07, 6.45) is 7.35. The van der Waals surface area contributed by atoms with E-state index < -0.39 is 0 Å². The summed E-state index contributed by atoms with van der Waals surface area (Å²) in [6, 6.07) is 7.94. The van der Waals surface area contributed by atoms with Gasteiger partial charge in [-0.15, -0.1) is 0 Å². The summed E-state index contributed by atoms with van der Waals surface area (Å²) in [7, 11) is 0. The molecule has 5 rings (SSSR count). The number of morpholine rings is 1. The van der Waals surface area contributed by atoms with E-state index >= 15 is 0 Å². The van der Waals surface area contributed by atoms with Crippen molar-refractivity contribution in [3.05, 3.63) is 54.6 Å². The Kier molecular flexibility index (Phi) is 4.11. The molecule has 1 aliphatic heterocycles.